The van der Waals surface area contributed by atoms with Gasteiger partial charge in [-0.1, -0.05) is 0 Å². The Morgan fingerprint density at radius 2 is 1.53 bits per heavy atom. The first-order chi connectivity index (χ1) is 8.08. The molecule has 0 aliphatic carbocycles. The second kappa shape index (κ2) is 4.33. The largest absolute Gasteiger partial charge is 0.398 e. The fraction of sp³-hybridized carbons (Fsp3) is 0. The minimum absolute atomic E-state index is 0.0688. The summed E-state index contributed by atoms with van der Waals surface area (Å²) in [4.78, 5) is 12.0. The van der Waals surface area contributed by atoms with Gasteiger partial charge in [-0.3, -0.25) is 4.79 Å². The Bertz CT molecular complexity index is 564. The van der Waals surface area contributed by atoms with Crippen LogP contribution in [0.2, 0.25) is 0 Å². The van der Waals surface area contributed by atoms with Gasteiger partial charge in [0.2, 0.25) is 0 Å². The molecule has 2 aromatic carbocycles. The maximum Gasteiger partial charge on any atom is 0.195 e. The SMILES string of the molecule is Nc1cc(F)ccc1C(=O)c1ccc(F)cc1. The predicted molar refractivity (Wildman–Crippen MR) is 60.6 cm³/mol. The molecule has 0 atom stereocenters. The van der Waals surface area contributed by atoms with Gasteiger partial charge in [-0.25, -0.2) is 8.78 Å². The first kappa shape index (κ1) is 11.3. The normalized spacial score (nSPS) is 10.2. The molecule has 2 N–H and O–H groups in total. The zero-order valence-corrected chi connectivity index (χ0v) is 8.78. The van der Waals surface area contributed by atoms with E-state index in [9.17, 15) is 13.6 Å². The molecule has 2 rings (SSSR count). The minimum Gasteiger partial charge on any atom is -0.398 e. The lowest BCUT2D eigenvalue weighted by Gasteiger charge is -2.04. The van der Waals surface area contributed by atoms with E-state index < -0.39 is 11.6 Å². The fourth-order valence-corrected chi connectivity index (χ4v) is 1.50. The molecule has 17 heavy (non-hydrogen) atoms. The molecular formula is C13H9F2NO. The van der Waals surface area contributed by atoms with Crippen molar-refractivity contribution in [1.82, 2.24) is 0 Å². The Morgan fingerprint density at radius 1 is 0.941 bits per heavy atom. The van der Waals surface area contributed by atoms with E-state index in [1.807, 2.05) is 0 Å². The average molecular weight is 233 g/mol. The number of ketones is 1. The number of carbonyl (C=O) groups excluding carboxylic acids is 1. The summed E-state index contributed by atoms with van der Waals surface area (Å²) in [6, 6.07) is 8.65. The number of rotatable bonds is 2. The molecule has 2 aromatic rings. The number of nitrogens with two attached hydrogens (primary N) is 1. The molecule has 0 unspecified atom stereocenters. The molecular weight excluding hydrogens is 224 g/mol. The molecule has 0 saturated heterocycles. The van der Waals surface area contributed by atoms with Crippen molar-refractivity contribution >= 4 is 11.5 Å². The van der Waals surface area contributed by atoms with Gasteiger partial charge in [-0.2, -0.15) is 0 Å². The molecule has 0 heterocycles. The third kappa shape index (κ3) is 2.30. The second-order valence-electron chi connectivity index (χ2n) is 3.57. The van der Waals surface area contributed by atoms with Crippen LogP contribution in [0.1, 0.15) is 15.9 Å². The third-order valence-corrected chi connectivity index (χ3v) is 2.36. The molecule has 0 spiro atoms. The zero-order chi connectivity index (χ0) is 12.4. The van der Waals surface area contributed by atoms with E-state index in [1.54, 1.807) is 0 Å². The zero-order valence-electron chi connectivity index (χ0n) is 8.78. The highest BCUT2D eigenvalue weighted by Gasteiger charge is 2.12. The Morgan fingerprint density at radius 3 is 2.12 bits per heavy atom. The summed E-state index contributed by atoms with van der Waals surface area (Å²) in [5.41, 5.74) is 6.14. The lowest BCUT2D eigenvalue weighted by atomic mass is 10.0. The third-order valence-electron chi connectivity index (χ3n) is 2.36. The van der Waals surface area contributed by atoms with Crippen LogP contribution in [-0.4, -0.2) is 5.78 Å². The van der Waals surface area contributed by atoms with Gasteiger partial charge in [0.05, 0.1) is 0 Å². The Hall–Kier alpha value is -2.23. The number of halogens is 2. The van der Waals surface area contributed by atoms with Gasteiger partial charge in [-0.05, 0) is 42.5 Å². The molecule has 0 aromatic heterocycles. The number of hydrogen-bond donors (Lipinski definition) is 1. The minimum atomic E-state index is -0.502. The van der Waals surface area contributed by atoms with Crippen LogP contribution in [0.15, 0.2) is 42.5 Å². The fourth-order valence-electron chi connectivity index (χ4n) is 1.50. The molecule has 0 saturated carbocycles. The van der Waals surface area contributed by atoms with Gasteiger partial charge in [0.25, 0.3) is 0 Å². The summed E-state index contributed by atoms with van der Waals surface area (Å²) in [6.07, 6.45) is 0. The standard InChI is InChI=1S/C13H9F2NO/c14-9-3-1-8(2-4-9)13(17)11-6-5-10(15)7-12(11)16/h1-7H,16H2. The molecule has 0 aliphatic rings. The summed E-state index contributed by atoms with van der Waals surface area (Å²) in [7, 11) is 0. The maximum atomic E-state index is 12.8. The van der Waals surface area contributed by atoms with E-state index in [1.165, 1.54) is 30.3 Å². The number of nitrogen functional groups attached to an aromatic ring is 1. The molecule has 0 aliphatic heterocycles. The summed E-state index contributed by atoms with van der Waals surface area (Å²) >= 11 is 0. The van der Waals surface area contributed by atoms with E-state index in [0.29, 0.717) is 5.56 Å². The highest BCUT2D eigenvalue weighted by molar-refractivity contribution is 6.12. The smallest absolute Gasteiger partial charge is 0.195 e. The number of hydrogen-bond acceptors (Lipinski definition) is 2. The highest BCUT2D eigenvalue weighted by atomic mass is 19.1. The Kier molecular flexibility index (Phi) is 2.87. The monoisotopic (exact) mass is 233 g/mol. The lowest BCUT2D eigenvalue weighted by Crippen LogP contribution is -2.05. The van der Waals surface area contributed by atoms with E-state index >= 15 is 0 Å². The lowest BCUT2D eigenvalue weighted by molar-refractivity contribution is 0.103. The topological polar surface area (TPSA) is 43.1 Å². The van der Waals surface area contributed by atoms with Gasteiger partial charge in [0, 0.05) is 16.8 Å². The molecule has 4 heteroatoms. The number of benzene rings is 2. The Labute approximate surface area is 96.7 Å². The molecule has 0 amide bonds. The summed E-state index contributed by atoms with van der Waals surface area (Å²) in [5.74, 6) is -1.28. The van der Waals surface area contributed by atoms with Crippen LogP contribution < -0.4 is 5.73 Å². The highest BCUT2D eigenvalue weighted by Crippen LogP contribution is 2.18. The van der Waals surface area contributed by atoms with Crippen LogP contribution in [0.3, 0.4) is 0 Å². The van der Waals surface area contributed by atoms with Crippen molar-refractivity contribution in [2.45, 2.75) is 0 Å². The second-order valence-corrected chi connectivity index (χ2v) is 3.57. The first-order valence-electron chi connectivity index (χ1n) is 4.93. The van der Waals surface area contributed by atoms with Gasteiger partial charge >= 0.3 is 0 Å². The van der Waals surface area contributed by atoms with Crippen molar-refractivity contribution in [3.63, 3.8) is 0 Å². The van der Waals surface area contributed by atoms with Gasteiger partial charge in [-0.15, -0.1) is 0 Å². The van der Waals surface area contributed by atoms with Crippen molar-refractivity contribution in [1.29, 1.82) is 0 Å². The van der Waals surface area contributed by atoms with E-state index in [0.717, 1.165) is 12.1 Å². The number of anilines is 1. The van der Waals surface area contributed by atoms with Crippen LogP contribution >= 0.6 is 0 Å². The van der Waals surface area contributed by atoms with Crippen molar-refractivity contribution in [2.24, 2.45) is 0 Å². The van der Waals surface area contributed by atoms with E-state index in [2.05, 4.69) is 0 Å². The van der Waals surface area contributed by atoms with Crippen LogP contribution in [0.25, 0.3) is 0 Å². The molecule has 86 valence electrons. The van der Waals surface area contributed by atoms with Crippen LogP contribution in [0.4, 0.5) is 14.5 Å². The van der Waals surface area contributed by atoms with E-state index in [4.69, 9.17) is 5.73 Å². The first-order valence-corrected chi connectivity index (χ1v) is 4.93. The van der Waals surface area contributed by atoms with Crippen molar-refractivity contribution in [3.05, 3.63) is 65.2 Å². The average Bonchev–Trinajstić information content (AvgIpc) is 2.29. The van der Waals surface area contributed by atoms with Crippen LogP contribution in [0, 0.1) is 11.6 Å². The van der Waals surface area contributed by atoms with Crippen LogP contribution in [0.5, 0.6) is 0 Å². The molecule has 0 bridgehead atoms. The molecule has 2 nitrogen and oxygen atoms in total. The molecule has 0 radical (unpaired) electrons. The van der Waals surface area contributed by atoms with Gasteiger partial charge < -0.3 is 5.73 Å². The molecule has 0 fully saturated rings. The predicted octanol–water partition coefficient (Wildman–Crippen LogP) is 2.78. The van der Waals surface area contributed by atoms with Crippen molar-refractivity contribution in [2.75, 3.05) is 5.73 Å². The van der Waals surface area contributed by atoms with Crippen LogP contribution in [-0.2, 0) is 0 Å². The maximum absolute atomic E-state index is 12.8. The summed E-state index contributed by atoms with van der Waals surface area (Å²) in [6.45, 7) is 0. The van der Waals surface area contributed by atoms with Crippen molar-refractivity contribution < 1.29 is 13.6 Å². The van der Waals surface area contributed by atoms with Gasteiger partial charge in [0.15, 0.2) is 5.78 Å². The summed E-state index contributed by atoms with van der Waals surface area (Å²) in [5, 5.41) is 0. The van der Waals surface area contributed by atoms with Crippen molar-refractivity contribution in [3.8, 4) is 0 Å². The number of carbonyl (C=O) groups is 1. The summed E-state index contributed by atoms with van der Waals surface area (Å²) < 4.78 is 25.5. The quantitative estimate of drug-likeness (QED) is 0.640. The van der Waals surface area contributed by atoms with E-state index in [-0.39, 0.29) is 17.0 Å². The van der Waals surface area contributed by atoms with Gasteiger partial charge in [0.1, 0.15) is 11.6 Å². The Balaban J connectivity index is 2.40.